The first-order valence-electron chi connectivity index (χ1n) is 9.01. The molecule has 2 aliphatic heterocycles. The molecule has 140 valence electrons. The molecule has 3 aromatic rings. The normalized spacial score (nSPS) is 15.9. The maximum absolute atomic E-state index is 6.28. The Kier molecular flexibility index (Phi) is 5.56. The minimum Gasteiger partial charge on any atom is -0.456 e. The van der Waals surface area contributed by atoms with Crippen LogP contribution in [0, 0.1) is 0 Å². The molecule has 5 rings (SSSR count). The minimum atomic E-state index is 0. The Bertz CT molecular complexity index is 1000. The fourth-order valence-electron chi connectivity index (χ4n) is 4.12. The number of ether oxygens (including phenoxy) is 1. The van der Waals surface area contributed by atoms with Gasteiger partial charge in [-0.15, -0.1) is 12.4 Å². The smallest absolute Gasteiger partial charge is 0.135 e. The Hall–Kier alpha value is -2.33. The average Bonchev–Trinajstić information content (AvgIpc) is 2.67. The van der Waals surface area contributed by atoms with Gasteiger partial charge in [-0.3, -0.25) is 0 Å². The van der Waals surface area contributed by atoms with E-state index in [-0.39, 0.29) is 17.9 Å². The fourth-order valence-corrected chi connectivity index (χ4v) is 4.12. The first-order chi connectivity index (χ1) is 12.3. The van der Waals surface area contributed by atoms with Gasteiger partial charge in [0.05, 0.1) is 0 Å². The Labute approximate surface area is 166 Å². The topological polar surface area (TPSA) is 44.0 Å². The van der Waals surface area contributed by atoms with Gasteiger partial charge in [0.2, 0.25) is 0 Å². The van der Waals surface area contributed by atoms with Crippen LogP contribution in [0.15, 0.2) is 66.2 Å². The van der Waals surface area contributed by atoms with Crippen LogP contribution in [-0.2, 0) is 0 Å². The van der Waals surface area contributed by atoms with Crippen molar-refractivity contribution >= 4 is 28.8 Å². The largest absolute Gasteiger partial charge is 0.456 e. The van der Waals surface area contributed by atoms with Crippen molar-refractivity contribution < 1.29 is 10.2 Å². The van der Waals surface area contributed by atoms with Gasteiger partial charge in [-0.1, -0.05) is 54.1 Å². The van der Waals surface area contributed by atoms with Gasteiger partial charge >= 0.3 is 0 Å². The van der Waals surface area contributed by atoms with E-state index in [4.69, 9.17) is 4.74 Å². The molecule has 2 aliphatic rings. The molecule has 0 bridgehead atoms. The lowest BCUT2D eigenvalue weighted by Crippen LogP contribution is -2.27. The summed E-state index contributed by atoms with van der Waals surface area (Å²) in [6, 6.07) is 21.4. The number of likely N-dealkylation sites (tertiary alicyclic amines) is 1. The van der Waals surface area contributed by atoms with E-state index in [2.05, 4.69) is 72.6 Å². The third-order valence-electron chi connectivity index (χ3n) is 5.46. The molecular weight excluding hydrogens is 358 g/mol. The van der Waals surface area contributed by atoms with Crippen molar-refractivity contribution in [3.63, 3.8) is 0 Å². The number of hydrogen-bond donors (Lipinski definition) is 0. The maximum Gasteiger partial charge on any atom is 0.135 e. The van der Waals surface area contributed by atoms with Crippen molar-refractivity contribution in [1.82, 2.24) is 4.90 Å². The molecule has 1 saturated heterocycles. The zero-order valence-electron chi connectivity index (χ0n) is 15.4. The van der Waals surface area contributed by atoms with Gasteiger partial charge in [-0.05, 0) is 48.4 Å². The molecule has 3 nitrogen and oxygen atoms in total. The van der Waals surface area contributed by atoms with Crippen LogP contribution in [0.5, 0.6) is 11.5 Å². The van der Waals surface area contributed by atoms with Gasteiger partial charge in [0, 0.05) is 24.2 Å². The number of nitrogens with zero attached hydrogens (tertiary/aromatic N) is 1. The summed E-state index contributed by atoms with van der Waals surface area (Å²) in [5, 5.41) is 2.56. The predicted molar refractivity (Wildman–Crippen MR) is 114 cm³/mol. The van der Waals surface area contributed by atoms with Crippen LogP contribution in [0.25, 0.3) is 16.3 Å². The first-order valence-corrected chi connectivity index (χ1v) is 9.01. The molecule has 0 saturated carbocycles. The SMILES string of the molecule is CN1CCC(=C2c3ccccc3Oc3ccc4ccccc4c32)CC1.Cl.O. The van der Waals surface area contributed by atoms with E-state index in [1.54, 1.807) is 5.57 Å². The van der Waals surface area contributed by atoms with Crippen LogP contribution < -0.4 is 4.74 Å². The Morgan fingerprint density at radius 3 is 2.33 bits per heavy atom. The molecule has 0 amide bonds. The predicted octanol–water partition coefficient (Wildman–Crippen LogP) is 5.07. The second-order valence-corrected chi connectivity index (χ2v) is 7.04. The van der Waals surface area contributed by atoms with E-state index < -0.39 is 0 Å². The molecule has 0 aliphatic carbocycles. The van der Waals surface area contributed by atoms with Crippen LogP contribution in [0.2, 0.25) is 0 Å². The molecule has 2 N–H and O–H groups in total. The molecule has 0 unspecified atom stereocenters. The average molecular weight is 382 g/mol. The second-order valence-electron chi connectivity index (χ2n) is 7.04. The van der Waals surface area contributed by atoms with Crippen LogP contribution in [-0.4, -0.2) is 30.5 Å². The number of hydrogen-bond acceptors (Lipinski definition) is 2. The van der Waals surface area contributed by atoms with E-state index in [1.165, 1.54) is 27.5 Å². The Morgan fingerprint density at radius 2 is 1.52 bits per heavy atom. The number of para-hydroxylation sites is 1. The molecule has 0 radical (unpaired) electrons. The highest BCUT2D eigenvalue weighted by molar-refractivity contribution is 6.03. The van der Waals surface area contributed by atoms with Crippen molar-refractivity contribution in [2.75, 3.05) is 20.1 Å². The number of rotatable bonds is 0. The summed E-state index contributed by atoms with van der Waals surface area (Å²) in [7, 11) is 2.21. The maximum atomic E-state index is 6.28. The van der Waals surface area contributed by atoms with Crippen LogP contribution in [0.1, 0.15) is 24.0 Å². The molecule has 2 heterocycles. The highest BCUT2D eigenvalue weighted by Crippen LogP contribution is 2.48. The standard InChI is InChI=1S/C23H21NO.ClH.H2O/c1-24-14-12-17(13-15-24)22-19-8-4-5-9-20(19)25-21-11-10-16-6-2-3-7-18(16)23(21)22;;/h2-11H,12-15H2,1H3;1H;1H2. The van der Waals surface area contributed by atoms with E-state index in [0.29, 0.717) is 0 Å². The summed E-state index contributed by atoms with van der Waals surface area (Å²) in [5.74, 6) is 1.96. The van der Waals surface area contributed by atoms with Crippen LogP contribution in [0.3, 0.4) is 0 Å². The fraction of sp³-hybridized carbons (Fsp3) is 0.217. The van der Waals surface area contributed by atoms with E-state index in [1.807, 2.05) is 0 Å². The van der Waals surface area contributed by atoms with Gasteiger partial charge in [-0.25, -0.2) is 0 Å². The quantitative estimate of drug-likeness (QED) is 0.426. The van der Waals surface area contributed by atoms with Gasteiger partial charge in [0.15, 0.2) is 0 Å². The van der Waals surface area contributed by atoms with Crippen molar-refractivity contribution in [1.29, 1.82) is 0 Å². The summed E-state index contributed by atoms with van der Waals surface area (Å²) >= 11 is 0. The monoisotopic (exact) mass is 381 g/mol. The van der Waals surface area contributed by atoms with Gasteiger partial charge in [0.25, 0.3) is 0 Å². The summed E-state index contributed by atoms with van der Waals surface area (Å²) in [6.45, 7) is 2.25. The lowest BCUT2D eigenvalue weighted by atomic mass is 9.84. The summed E-state index contributed by atoms with van der Waals surface area (Å²) in [6.07, 6.45) is 2.26. The van der Waals surface area contributed by atoms with E-state index in [9.17, 15) is 0 Å². The first kappa shape index (κ1) is 19.4. The highest BCUT2D eigenvalue weighted by Gasteiger charge is 2.27. The molecule has 0 aromatic heterocycles. The summed E-state index contributed by atoms with van der Waals surface area (Å²) < 4.78 is 6.28. The van der Waals surface area contributed by atoms with Crippen molar-refractivity contribution in [2.24, 2.45) is 0 Å². The van der Waals surface area contributed by atoms with Gasteiger partial charge in [-0.2, -0.15) is 0 Å². The third kappa shape index (κ3) is 3.23. The zero-order valence-corrected chi connectivity index (χ0v) is 16.2. The van der Waals surface area contributed by atoms with Gasteiger partial charge in [0.1, 0.15) is 11.5 Å². The third-order valence-corrected chi connectivity index (χ3v) is 5.46. The second kappa shape index (κ2) is 7.73. The van der Waals surface area contributed by atoms with Crippen LogP contribution >= 0.6 is 12.4 Å². The van der Waals surface area contributed by atoms with Crippen molar-refractivity contribution in [2.45, 2.75) is 12.8 Å². The zero-order chi connectivity index (χ0) is 16.8. The molecule has 3 aromatic carbocycles. The summed E-state index contributed by atoms with van der Waals surface area (Å²) in [5.41, 5.74) is 5.48. The molecule has 4 heteroatoms. The molecule has 0 spiro atoms. The summed E-state index contributed by atoms with van der Waals surface area (Å²) in [4.78, 5) is 2.42. The van der Waals surface area contributed by atoms with E-state index in [0.717, 1.165) is 37.4 Å². The lowest BCUT2D eigenvalue weighted by molar-refractivity contribution is 0.313. The highest BCUT2D eigenvalue weighted by atomic mass is 35.5. The Morgan fingerprint density at radius 1 is 0.815 bits per heavy atom. The molecular formula is C23H24ClNO2. The van der Waals surface area contributed by atoms with Crippen LogP contribution in [0.4, 0.5) is 0 Å². The van der Waals surface area contributed by atoms with Crippen molar-refractivity contribution in [3.05, 3.63) is 77.4 Å². The number of piperidine rings is 1. The minimum absolute atomic E-state index is 0. The number of fused-ring (bicyclic) bond motifs is 4. The molecule has 0 atom stereocenters. The lowest BCUT2D eigenvalue weighted by Gasteiger charge is -2.31. The van der Waals surface area contributed by atoms with Gasteiger partial charge < -0.3 is 15.1 Å². The molecule has 27 heavy (non-hydrogen) atoms. The van der Waals surface area contributed by atoms with E-state index >= 15 is 0 Å². The number of benzene rings is 3. The number of halogens is 1. The molecule has 1 fully saturated rings. The van der Waals surface area contributed by atoms with Crippen molar-refractivity contribution in [3.8, 4) is 11.5 Å². The Balaban J connectivity index is 0.00000105.